The van der Waals surface area contributed by atoms with Crippen molar-refractivity contribution in [3.8, 4) is 0 Å². The third kappa shape index (κ3) is 8.68. The number of carbonyl (C=O) groups excluding carboxylic acids is 5. The van der Waals surface area contributed by atoms with E-state index in [2.05, 4.69) is 25.9 Å². The van der Waals surface area contributed by atoms with Crippen molar-refractivity contribution in [3.63, 3.8) is 0 Å². The molecule has 0 aliphatic carbocycles. The first-order valence-corrected chi connectivity index (χ1v) is 13.5. The number of nitrogens with zero attached hydrogens (tertiary/aromatic N) is 2. The maximum atomic E-state index is 13.8. The third-order valence-corrected chi connectivity index (χ3v) is 6.78. The number of rotatable bonds is 14. The summed E-state index contributed by atoms with van der Waals surface area (Å²) < 4.78 is 11.7. The summed E-state index contributed by atoms with van der Waals surface area (Å²) >= 11 is 0. The van der Waals surface area contributed by atoms with E-state index in [4.69, 9.17) is 9.31 Å². The number of benzene rings is 1. The van der Waals surface area contributed by atoms with Crippen LogP contribution in [-0.2, 0) is 34.9 Å². The maximum absolute atomic E-state index is 13.8. The molecule has 0 saturated carbocycles. The van der Waals surface area contributed by atoms with Crippen molar-refractivity contribution in [1.29, 1.82) is 0 Å². The molecule has 41 heavy (non-hydrogen) atoms. The summed E-state index contributed by atoms with van der Waals surface area (Å²) in [6.07, 6.45) is 3.88. The summed E-state index contributed by atoms with van der Waals surface area (Å²) in [5, 5.41) is 7.67. The topological polar surface area (TPSA) is 166 Å². The number of hydrogen-bond acceptors (Lipinski definition) is 9. The van der Waals surface area contributed by atoms with Crippen LogP contribution >= 0.6 is 0 Å². The Morgan fingerprint density at radius 1 is 1.00 bits per heavy atom. The van der Waals surface area contributed by atoms with E-state index in [-0.39, 0.29) is 30.2 Å². The van der Waals surface area contributed by atoms with Crippen LogP contribution in [0.2, 0.25) is 5.82 Å². The molecule has 0 unspecified atom stereocenters. The number of aromatic nitrogens is 2. The highest BCUT2D eigenvalue weighted by atomic mass is 16.7. The quantitative estimate of drug-likeness (QED) is 0.286. The van der Waals surface area contributed by atoms with Gasteiger partial charge in [-0.25, -0.2) is 4.98 Å². The summed E-state index contributed by atoms with van der Waals surface area (Å²) in [7, 11) is 1.66. The van der Waals surface area contributed by atoms with Crippen molar-refractivity contribution >= 4 is 36.6 Å². The first-order chi connectivity index (χ1) is 19.6. The fraction of sp³-hybridized carbons (Fsp3) is 0.464. The largest absolute Gasteiger partial charge is 0.531 e. The zero-order valence-corrected chi connectivity index (χ0v) is 23.7. The van der Waals surface area contributed by atoms with Gasteiger partial charge in [0.25, 0.3) is 5.91 Å². The van der Waals surface area contributed by atoms with Crippen LogP contribution < -0.4 is 16.0 Å². The van der Waals surface area contributed by atoms with Gasteiger partial charge in [-0.3, -0.25) is 29.0 Å². The van der Waals surface area contributed by atoms with E-state index in [0.29, 0.717) is 6.42 Å². The van der Waals surface area contributed by atoms with E-state index in [1.54, 1.807) is 0 Å². The minimum atomic E-state index is -1.83. The third-order valence-electron chi connectivity index (χ3n) is 6.78. The molecule has 2 atom stereocenters. The van der Waals surface area contributed by atoms with Crippen LogP contribution in [-0.4, -0.2) is 72.3 Å². The van der Waals surface area contributed by atoms with Crippen molar-refractivity contribution in [2.45, 2.75) is 63.4 Å². The Hall–Kier alpha value is -4.13. The summed E-state index contributed by atoms with van der Waals surface area (Å²) in [5.41, 5.74) is -0.921. The molecule has 1 aliphatic rings. The minimum Gasteiger partial charge on any atom is -0.507 e. The van der Waals surface area contributed by atoms with Crippen LogP contribution in [0.5, 0.6) is 0 Å². The van der Waals surface area contributed by atoms with Gasteiger partial charge in [-0.15, -0.1) is 0 Å². The molecule has 3 N–H and O–H groups in total. The Morgan fingerprint density at radius 3 is 2.22 bits per heavy atom. The number of nitrogens with one attached hydrogen (secondary N) is 3. The molecule has 1 aromatic carbocycles. The van der Waals surface area contributed by atoms with E-state index in [0.717, 1.165) is 5.56 Å². The normalized spacial score (nSPS) is 15.5. The van der Waals surface area contributed by atoms with E-state index in [1.807, 2.05) is 44.2 Å². The molecule has 218 valence electrons. The molecule has 0 radical (unpaired) electrons. The van der Waals surface area contributed by atoms with Crippen molar-refractivity contribution in [2.75, 3.05) is 14.1 Å². The van der Waals surface area contributed by atoms with Gasteiger partial charge < -0.3 is 25.3 Å². The lowest BCUT2D eigenvalue weighted by Crippen LogP contribution is -2.46. The highest BCUT2D eigenvalue weighted by Crippen LogP contribution is 2.38. The van der Waals surface area contributed by atoms with E-state index >= 15 is 0 Å². The molecular formula is C28H36BN5O7. The number of amides is 3. The van der Waals surface area contributed by atoms with Gasteiger partial charge in [0.05, 0.1) is 25.1 Å². The molecule has 1 aliphatic heterocycles. The lowest BCUT2D eigenvalue weighted by molar-refractivity contribution is -0.150. The average molecular weight is 565 g/mol. The molecule has 2 aromatic rings. The first-order valence-electron chi connectivity index (χ1n) is 13.5. The molecule has 0 spiro atoms. The lowest BCUT2D eigenvalue weighted by Gasteiger charge is -2.26. The Bertz CT molecular complexity index is 1210. The maximum Gasteiger partial charge on any atom is 0.531 e. The molecule has 3 amide bonds. The smallest absolute Gasteiger partial charge is 0.507 e. The molecule has 1 saturated heterocycles. The van der Waals surface area contributed by atoms with Gasteiger partial charge in [0.15, 0.2) is 11.4 Å². The van der Waals surface area contributed by atoms with Crippen molar-refractivity contribution in [3.05, 3.63) is 60.2 Å². The minimum absolute atomic E-state index is 0.0679. The summed E-state index contributed by atoms with van der Waals surface area (Å²) in [6, 6.07) is 8.33. The van der Waals surface area contributed by atoms with Gasteiger partial charge in [0.2, 0.25) is 11.8 Å². The number of ketones is 1. The lowest BCUT2D eigenvalue weighted by atomic mass is 9.65. The van der Waals surface area contributed by atoms with Gasteiger partial charge in [0.1, 0.15) is 5.69 Å². The fourth-order valence-electron chi connectivity index (χ4n) is 4.73. The zero-order chi connectivity index (χ0) is 30.0. The van der Waals surface area contributed by atoms with Gasteiger partial charge in [0, 0.05) is 38.7 Å². The van der Waals surface area contributed by atoms with Crippen LogP contribution in [0.25, 0.3) is 0 Å². The molecular weight excluding hydrogens is 529 g/mol. The second kappa shape index (κ2) is 14.5. The first kappa shape index (κ1) is 31.4. The van der Waals surface area contributed by atoms with E-state index in [1.165, 1.54) is 32.7 Å². The number of hydrogen-bond donors (Lipinski definition) is 3. The highest BCUT2D eigenvalue weighted by molar-refractivity contribution is 6.51. The summed E-state index contributed by atoms with van der Waals surface area (Å²) in [4.78, 5) is 72.3. The molecule has 2 heterocycles. The number of carbonyl (C=O) groups is 5. The Morgan fingerprint density at radius 2 is 1.66 bits per heavy atom. The SMILES string of the molecule is CNC(=O)CC1(CC(=O)NC)OB([C@@H](CC(=O)[C@H](Cc2ccccc2)NC(=O)c2cnccn2)CC(C)C)OC1=O. The zero-order valence-electron chi connectivity index (χ0n) is 23.7. The molecule has 1 fully saturated rings. The predicted molar refractivity (Wildman–Crippen MR) is 149 cm³/mol. The van der Waals surface area contributed by atoms with Gasteiger partial charge in [-0.1, -0.05) is 44.2 Å². The van der Waals surface area contributed by atoms with Crippen LogP contribution in [0.1, 0.15) is 55.6 Å². The Kier molecular flexibility index (Phi) is 11.1. The fourth-order valence-corrected chi connectivity index (χ4v) is 4.73. The highest BCUT2D eigenvalue weighted by Gasteiger charge is 2.57. The van der Waals surface area contributed by atoms with Crippen LogP contribution in [0.3, 0.4) is 0 Å². The monoisotopic (exact) mass is 565 g/mol. The number of Topliss-reactive ketones (excluding diaryl/α,β-unsaturated/α-hetero) is 1. The van der Waals surface area contributed by atoms with E-state index in [9.17, 15) is 24.0 Å². The standard InChI is InChI=1S/C28H36BN5O7/c1-18(2)12-20(29-40-27(39)28(41-29,15-24(36)30-3)16-25(37)31-4)14-23(35)21(13-19-8-6-5-7-9-19)34-26(38)22-17-32-10-11-33-22/h5-11,17-18,20-21H,12-16H2,1-4H3,(H,30,36)(H,31,37)(H,34,38)/t20-,21+/m1/s1. The molecule has 13 heteroatoms. The van der Waals surface area contributed by atoms with Gasteiger partial charge in [-0.2, -0.15) is 0 Å². The second-order valence-electron chi connectivity index (χ2n) is 10.5. The van der Waals surface area contributed by atoms with Crippen molar-refractivity contribution in [2.24, 2.45) is 5.92 Å². The van der Waals surface area contributed by atoms with E-state index < -0.39 is 61.1 Å². The Balaban J connectivity index is 1.86. The molecule has 12 nitrogen and oxygen atoms in total. The summed E-state index contributed by atoms with van der Waals surface area (Å²) in [5.74, 6) is -3.21. The van der Waals surface area contributed by atoms with Crippen molar-refractivity contribution < 1.29 is 33.3 Å². The predicted octanol–water partition coefficient (Wildman–Crippen LogP) is 1.27. The molecule has 3 rings (SSSR count). The Labute approximate surface area is 239 Å². The van der Waals surface area contributed by atoms with Gasteiger partial charge >= 0.3 is 13.1 Å². The molecule has 1 aromatic heterocycles. The summed E-state index contributed by atoms with van der Waals surface area (Å²) in [6.45, 7) is 3.90. The average Bonchev–Trinajstić information content (AvgIpc) is 3.27. The van der Waals surface area contributed by atoms with Crippen LogP contribution in [0, 0.1) is 5.92 Å². The van der Waals surface area contributed by atoms with Crippen LogP contribution in [0.4, 0.5) is 0 Å². The molecule has 0 bridgehead atoms. The van der Waals surface area contributed by atoms with Crippen molar-refractivity contribution in [1.82, 2.24) is 25.9 Å². The van der Waals surface area contributed by atoms with Crippen LogP contribution in [0.15, 0.2) is 48.9 Å². The second-order valence-corrected chi connectivity index (χ2v) is 10.5. The van der Waals surface area contributed by atoms with Gasteiger partial charge in [-0.05, 0) is 24.3 Å².